The third-order valence-corrected chi connectivity index (χ3v) is 17.2. The molecule has 0 saturated carbocycles. The zero-order valence-electron chi connectivity index (χ0n) is 14.9. The molecule has 2 aromatic rings. The molecule has 1 heterocycles. The topological polar surface area (TPSA) is 0 Å². The van der Waals surface area contributed by atoms with Crippen LogP contribution in [0.3, 0.4) is 0 Å². The SMILES string of the molecule is CC1(C)C2=Cc3ccccc3[CH]2[Zr]([CH3])([CH3])[CH]2C1=Cc1ccccc12. The first-order valence-corrected chi connectivity index (χ1v) is 16.8. The summed E-state index contributed by atoms with van der Waals surface area (Å²) in [5, 5.41) is 0. The second-order valence-corrected chi connectivity index (χ2v) is 20.6. The molecular formula is C23H24Zr. The second-order valence-electron chi connectivity index (χ2n) is 8.77. The molecule has 0 amide bonds. The standard InChI is InChI=1S/C21H18.2CH3.Zr/c1-21(2,19-11-15-7-3-4-8-16(15)12-19)20-13-17-9-5-6-10-18(17)14-20;;;/h3-14H,1-2H3;2*1H3;. The molecule has 0 nitrogen and oxygen atoms in total. The second kappa shape index (κ2) is 4.70. The summed E-state index contributed by atoms with van der Waals surface area (Å²) in [6, 6.07) is 18.3. The number of hydrogen-bond acceptors (Lipinski definition) is 0. The monoisotopic (exact) mass is 390 g/mol. The Morgan fingerprint density at radius 2 is 1.12 bits per heavy atom. The van der Waals surface area contributed by atoms with Gasteiger partial charge in [-0.15, -0.1) is 0 Å². The van der Waals surface area contributed by atoms with Crippen LogP contribution in [-0.4, -0.2) is 0 Å². The zero-order chi connectivity index (χ0) is 16.7. The van der Waals surface area contributed by atoms with E-state index in [4.69, 9.17) is 0 Å². The average molecular weight is 392 g/mol. The van der Waals surface area contributed by atoms with Crippen LogP contribution in [0.4, 0.5) is 0 Å². The molecule has 1 saturated heterocycles. The van der Waals surface area contributed by atoms with Gasteiger partial charge in [-0.1, -0.05) is 0 Å². The Morgan fingerprint density at radius 1 is 0.708 bits per heavy atom. The fourth-order valence-corrected chi connectivity index (χ4v) is 17.8. The van der Waals surface area contributed by atoms with E-state index in [1.54, 1.807) is 22.3 Å². The number of fused-ring (bicyclic) bond motifs is 6. The van der Waals surface area contributed by atoms with Crippen molar-refractivity contribution in [3.63, 3.8) is 0 Å². The Morgan fingerprint density at radius 3 is 1.58 bits per heavy atom. The molecule has 2 aliphatic carbocycles. The minimum absolute atomic E-state index is 0.166. The molecule has 120 valence electrons. The zero-order valence-corrected chi connectivity index (χ0v) is 17.4. The van der Waals surface area contributed by atoms with Crippen LogP contribution in [0.1, 0.15) is 43.4 Å². The molecule has 5 rings (SSSR count). The molecule has 2 atom stereocenters. The van der Waals surface area contributed by atoms with Crippen molar-refractivity contribution < 1.29 is 20.3 Å². The van der Waals surface area contributed by atoms with Gasteiger partial charge < -0.3 is 0 Å². The van der Waals surface area contributed by atoms with Crippen molar-refractivity contribution in [2.45, 2.75) is 30.4 Å². The molecule has 1 heteroatoms. The summed E-state index contributed by atoms with van der Waals surface area (Å²) in [5.41, 5.74) is 9.74. The predicted molar refractivity (Wildman–Crippen MR) is 99.8 cm³/mol. The van der Waals surface area contributed by atoms with E-state index in [9.17, 15) is 0 Å². The first-order valence-electron chi connectivity index (χ1n) is 9.04. The Labute approximate surface area is 149 Å². The molecule has 1 fully saturated rings. The van der Waals surface area contributed by atoms with E-state index in [1.165, 1.54) is 11.1 Å². The van der Waals surface area contributed by atoms with Gasteiger partial charge in [0.05, 0.1) is 0 Å². The fourth-order valence-electron chi connectivity index (χ4n) is 5.67. The van der Waals surface area contributed by atoms with Crippen LogP contribution in [0.2, 0.25) is 9.26 Å². The van der Waals surface area contributed by atoms with Crippen LogP contribution in [0.5, 0.6) is 0 Å². The van der Waals surface area contributed by atoms with E-state index in [0.717, 1.165) is 7.25 Å². The predicted octanol–water partition coefficient (Wildman–Crippen LogP) is 6.55. The molecule has 0 bridgehead atoms. The van der Waals surface area contributed by atoms with E-state index in [-0.39, 0.29) is 5.41 Å². The molecule has 2 aromatic carbocycles. The van der Waals surface area contributed by atoms with Crippen molar-refractivity contribution in [1.82, 2.24) is 0 Å². The Kier molecular flexibility index (Phi) is 2.96. The van der Waals surface area contributed by atoms with Gasteiger partial charge in [-0.25, -0.2) is 0 Å². The maximum absolute atomic E-state index is 2.69. The summed E-state index contributed by atoms with van der Waals surface area (Å²) in [6.07, 6.45) is 5.05. The third kappa shape index (κ3) is 1.72. The minimum atomic E-state index is -2.48. The number of benzene rings is 2. The van der Waals surface area contributed by atoms with Gasteiger partial charge in [-0.05, 0) is 0 Å². The van der Waals surface area contributed by atoms with Crippen molar-refractivity contribution >= 4 is 12.2 Å². The quantitative estimate of drug-likeness (QED) is 0.477. The summed E-state index contributed by atoms with van der Waals surface area (Å²) >= 11 is -2.48. The molecule has 0 radical (unpaired) electrons. The van der Waals surface area contributed by atoms with E-state index >= 15 is 0 Å². The molecule has 0 spiro atoms. The average Bonchev–Trinajstić information content (AvgIpc) is 3.14. The molecule has 0 aromatic heterocycles. The van der Waals surface area contributed by atoms with E-state index < -0.39 is 20.3 Å². The Hall–Kier alpha value is -1.20. The Bertz CT molecular complexity index is 853. The summed E-state index contributed by atoms with van der Waals surface area (Å²) in [6.45, 7) is 4.92. The first-order chi connectivity index (χ1) is 11.4. The van der Waals surface area contributed by atoms with Gasteiger partial charge in [0.2, 0.25) is 0 Å². The molecule has 1 aliphatic heterocycles. The molecule has 24 heavy (non-hydrogen) atoms. The molecule has 0 N–H and O–H groups in total. The molecule has 3 aliphatic rings. The van der Waals surface area contributed by atoms with Crippen LogP contribution < -0.4 is 0 Å². The van der Waals surface area contributed by atoms with Crippen LogP contribution in [0.15, 0.2) is 59.7 Å². The summed E-state index contributed by atoms with van der Waals surface area (Å²) in [4.78, 5) is 0. The summed E-state index contributed by atoms with van der Waals surface area (Å²) in [7, 11) is 0. The van der Waals surface area contributed by atoms with Gasteiger partial charge in [-0.2, -0.15) is 0 Å². The fraction of sp³-hybridized carbons (Fsp3) is 0.304. The van der Waals surface area contributed by atoms with E-state index in [1.807, 2.05) is 0 Å². The van der Waals surface area contributed by atoms with Gasteiger partial charge >= 0.3 is 150 Å². The van der Waals surface area contributed by atoms with Gasteiger partial charge in [0, 0.05) is 0 Å². The van der Waals surface area contributed by atoms with Crippen LogP contribution in [-0.2, 0) is 20.3 Å². The number of rotatable bonds is 0. The number of hydrogen-bond donors (Lipinski definition) is 0. The van der Waals surface area contributed by atoms with Crippen molar-refractivity contribution in [2.75, 3.05) is 0 Å². The first kappa shape index (κ1) is 15.1. The van der Waals surface area contributed by atoms with Crippen molar-refractivity contribution in [2.24, 2.45) is 5.41 Å². The van der Waals surface area contributed by atoms with E-state index in [0.29, 0.717) is 0 Å². The van der Waals surface area contributed by atoms with Gasteiger partial charge in [0.15, 0.2) is 0 Å². The maximum atomic E-state index is 2.69. The molecule has 2 unspecified atom stereocenters. The van der Waals surface area contributed by atoms with Crippen molar-refractivity contribution in [1.29, 1.82) is 0 Å². The normalized spacial score (nSPS) is 27.5. The molecular weight excluding hydrogens is 367 g/mol. The van der Waals surface area contributed by atoms with Crippen LogP contribution in [0, 0.1) is 5.41 Å². The van der Waals surface area contributed by atoms with Gasteiger partial charge in [0.25, 0.3) is 0 Å². The summed E-state index contributed by atoms with van der Waals surface area (Å²) in [5.74, 6) is 0. The van der Waals surface area contributed by atoms with Gasteiger partial charge in [0.1, 0.15) is 0 Å². The van der Waals surface area contributed by atoms with Crippen LogP contribution in [0.25, 0.3) is 12.2 Å². The van der Waals surface area contributed by atoms with E-state index in [2.05, 4.69) is 83.8 Å². The van der Waals surface area contributed by atoms with Crippen molar-refractivity contribution in [3.8, 4) is 0 Å². The Balaban J connectivity index is 1.80. The number of allylic oxidation sites excluding steroid dienone is 2. The van der Waals surface area contributed by atoms with Crippen LogP contribution >= 0.6 is 0 Å². The van der Waals surface area contributed by atoms with Gasteiger partial charge in [-0.3, -0.25) is 0 Å². The van der Waals surface area contributed by atoms with Crippen molar-refractivity contribution in [3.05, 3.63) is 81.9 Å². The summed E-state index contributed by atoms with van der Waals surface area (Å²) < 4.78 is 6.81. The third-order valence-electron chi connectivity index (χ3n) is 6.79.